The van der Waals surface area contributed by atoms with Crippen LogP contribution in [-0.4, -0.2) is 34.2 Å². The van der Waals surface area contributed by atoms with Crippen molar-refractivity contribution in [2.75, 3.05) is 4.72 Å². The Bertz CT molecular complexity index is 823. The maximum atomic E-state index is 14.2. The molecule has 0 atom stereocenters. The van der Waals surface area contributed by atoms with Gasteiger partial charge < -0.3 is 5.73 Å². The van der Waals surface area contributed by atoms with Crippen LogP contribution in [0.15, 0.2) is 23.1 Å². The van der Waals surface area contributed by atoms with Crippen molar-refractivity contribution in [3.8, 4) is 0 Å². The summed E-state index contributed by atoms with van der Waals surface area (Å²) in [6.45, 7) is 2.91. The van der Waals surface area contributed by atoms with Gasteiger partial charge in [-0.15, -0.1) is 12.4 Å². The van der Waals surface area contributed by atoms with E-state index in [0.717, 1.165) is 25.0 Å². The zero-order chi connectivity index (χ0) is 18.8. The Labute approximate surface area is 160 Å². The molecule has 1 aromatic rings. The van der Waals surface area contributed by atoms with Gasteiger partial charge in [-0.25, -0.2) is 25.9 Å². The van der Waals surface area contributed by atoms with E-state index >= 15 is 0 Å². The highest BCUT2D eigenvalue weighted by Gasteiger charge is 2.25. The molecule has 0 aromatic heterocycles. The van der Waals surface area contributed by atoms with Crippen LogP contribution in [0.3, 0.4) is 0 Å². The van der Waals surface area contributed by atoms with Crippen LogP contribution >= 0.6 is 12.4 Å². The second kappa shape index (κ2) is 8.83. The molecule has 0 bridgehead atoms. The number of halogens is 2. The molecule has 1 saturated carbocycles. The van der Waals surface area contributed by atoms with Crippen molar-refractivity contribution in [2.24, 2.45) is 5.73 Å². The van der Waals surface area contributed by atoms with Crippen molar-refractivity contribution in [2.45, 2.75) is 61.8 Å². The van der Waals surface area contributed by atoms with Gasteiger partial charge >= 0.3 is 0 Å². The van der Waals surface area contributed by atoms with E-state index in [2.05, 4.69) is 9.44 Å². The molecule has 2 rings (SSSR count). The summed E-state index contributed by atoms with van der Waals surface area (Å²) in [5, 5.41) is -0.741. The van der Waals surface area contributed by atoms with E-state index in [9.17, 15) is 21.2 Å². The lowest BCUT2D eigenvalue weighted by Gasteiger charge is -2.26. The van der Waals surface area contributed by atoms with Crippen LogP contribution in [0.5, 0.6) is 0 Å². The predicted molar refractivity (Wildman–Crippen MR) is 102 cm³/mol. The number of rotatable bonds is 6. The number of nitrogens with one attached hydrogen (secondary N) is 2. The zero-order valence-electron chi connectivity index (χ0n) is 14.6. The summed E-state index contributed by atoms with van der Waals surface area (Å²) in [4.78, 5) is -0.243. The first kappa shape index (κ1) is 23.1. The first-order valence-corrected chi connectivity index (χ1v) is 11.1. The molecule has 0 saturated heterocycles. The van der Waals surface area contributed by atoms with Crippen molar-refractivity contribution < 1.29 is 21.2 Å². The topological polar surface area (TPSA) is 118 Å². The highest BCUT2D eigenvalue weighted by atomic mass is 35.5. The van der Waals surface area contributed by atoms with Gasteiger partial charge in [-0.1, -0.05) is 0 Å². The quantitative estimate of drug-likeness (QED) is 0.638. The molecule has 0 heterocycles. The van der Waals surface area contributed by atoms with Crippen LogP contribution in [0.1, 0.15) is 39.5 Å². The molecule has 0 amide bonds. The minimum Gasteiger partial charge on any atom is -0.328 e. The van der Waals surface area contributed by atoms with E-state index in [1.165, 1.54) is 19.9 Å². The molecule has 11 heteroatoms. The monoisotopic (exact) mass is 429 g/mol. The molecular formula is C15H25ClFN3O4S2. The van der Waals surface area contributed by atoms with E-state index in [1.807, 2.05) is 0 Å². The van der Waals surface area contributed by atoms with Gasteiger partial charge in [0, 0.05) is 12.1 Å². The van der Waals surface area contributed by atoms with Gasteiger partial charge in [0.15, 0.2) is 0 Å². The lowest BCUT2D eigenvalue weighted by Crippen LogP contribution is -2.40. The number of hydrogen-bond donors (Lipinski definition) is 3. The molecule has 150 valence electrons. The van der Waals surface area contributed by atoms with Crippen LogP contribution in [0.2, 0.25) is 0 Å². The molecule has 0 unspecified atom stereocenters. The third-order valence-corrected chi connectivity index (χ3v) is 7.48. The summed E-state index contributed by atoms with van der Waals surface area (Å²) in [6.07, 6.45) is 2.74. The molecule has 26 heavy (non-hydrogen) atoms. The normalized spacial score (nSPS) is 21.3. The molecule has 1 fully saturated rings. The molecule has 4 N–H and O–H groups in total. The van der Waals surface area contributed by atoms with Gasteiger partial charge in [-0.05, 0) is 57.7 Å². The molecule has 1 aromatic carbocycles. The van der Waals surface area contributed by atoms with E-state index in [-0.39, 0.29) is 35.1 Å². The number of anilines is 1. The Morgan fingerprint density at radius 1 is 1.12 bits per heavy atom. The van der Waals surface area contributed by atoms with Crippen LogP contribution in [0.4, 0.5) is 10.1 Å². The number of benzene rings is 1. The fourth-order valence-electron chi connectivity index (χ4n) is 2.54. The summed E-state index contributed by atoms with van der Waals surface area (Å²) in [7, 11) is -7.60. The number of nitrogens with two attached hydrogens (primary N) is 1. The molecule has 1 aliphatic carbocycles. The van der Waals surface area contributed by atoms with Gasteiger partial charge in [-0.2, -0.15) is 0 Å². The Balaban J connectivity index is 0.00000338. The minimum atomic E-state index is -3.88. The van der Waals surface area contributed by atoms with E-state index in [4.69, 9.17) is 5.73 Å². The van der Waals surface area contributed by atoms with E-state index < -0.39 is 31.1 Å². The van der Waals surface area contributed by atoms with Crippen LogP contribution in [0.25, 0.3) is 0 Å². The first-order chi connectivity index (χ1) is 11.5. The van der Waals surface area contributed by atoms with E-state index in [1.54, 1.807) is 0 Å². The van der Waals surface area contributed by atoms with E-state index in [0.29, 0.717) is 12.8 Å². The lowest BCUT2D eigenvalue weighted by molar-refractivity contribution is 0.373. The van der Waals surface area contributed by atoms with Crippen LogP contribution in [0, 0.1) is 5.82 Å². The Kier molecular flexibility index (Phi) is 7.85. The zero-order valence-corrected chi connectivity index (χ0v) is 17.1. The van der Waals surface area contributed by atoms with Crippen molar-refractivity contribution >= 4 is 38.1 Å². The van der Waals surface area contributed by atoms with Gasteiger partial charge in [0.05, 0.1) is 15.8 Å². The molecular weight excluding hydrogens is 405 g/mol. The molecule has 0 radical (unpaired) electrons. The van der Waals surface area contributed by atoms with Crippen molar-refractivity contribution in [3.05, 3.63) is 24.0 Å². The second-order valence-corrected chi connectivity index (χ2v) is 10.5. The van der Waals surface area contributed by atoms with Gasteiger partial charge in [0.1, 0.15) is 5.82 Å². The maximum absolute atomic E-state index is 14.2. The third-order valence-electron chi connectivity index (χ3n) is 4.22. The summed E-state index contributed by atoms with van der Waals surface area (Å²) in [6, 6.07) is 2.96. The summed E-state index contributed by atoms with van der Waals surface area (Å²) < 4.78 is 67.2. The van der Waals surface area contributed by atoms with Gasteiger partial charge in [-0.3, -0.25) is 4.72 Å². The van der Waals surface area contributed by atoms with Crippen LogP contribution in [-0.2, 0) is 20.0 Å². The third kappa shape index (κ3) is 5.78. The fraction of sp³-hybridized carbons (Fsp3) is 0.600. The highest BCUT2D eigenvalue weighted by molar-refractivity contribution is 7.93. The molecule has 1 aliphatic rings. The molecule has 0 spiro atoms. The maximum Gasteiger partial charge on any atom is 0.240 e. The summed E-state index contributed by atoms with van der Waals surface area (Å²) in [5.41, 5.74) is 5.52. The Morgan fingerprint density at radius 3 is 2.19 bits per heavy atom. The first-order valence-electron chi connectivity index (χ1n) is 8.10. The second-order valence-electron chi connectivity index (χ2n) is 6.57. The molecule has 0 aliphatic heterocycles. The average Bonchev–Trinajstić information content (AvgIpc) is 2.51. The van der Waals surface area contributed by atoms with Gasteiger partial charge in [0.25, 0.3) is 0 Å². The predicted octanol–water partition coefficient (Wildman–Crippen LogP) is 1.95. The lowest BCUT2D eigenvalue weighted by atomic mass is 9.93. The summed E-state index contributed by atoms with van der Waals surface area (Å²) >= 11 is 0. The Hall–Kier alpha value is -0.940. The smallest absolute Gasteiger partial charge is 0.240 e. The molecule has 7 nitrogen and oxygen atoms in total. The minimum absolute atomic E-state index is 0. The van der Waals surface area contributed by atoms with Crippen molar-refractivity contribution in [1.29, 1.82) is 0 Å². The fourth-order valence-corrected chi connectivity index (χ4v) is 4.57. The van der Waals surface area contributed by atoms with Crippen LogP contribution < -0.4 is 15.2 Å². The van der Waals surface area contributed by atoms with Gasteiger partial charge in [0.2, 0.25) is 20.0 Å². The van der Waals surface area contributed by atoms with Crippen molar-refractivity contribution in [3.63, 3.8) is 0 Å². The highest BCUT2D eigenvalue weighted by Crippen LogP contribution is 2.23. The largest absolute Gasteiger partial charge is 0.328 e. The number of hydrogen-bond acceptors (Lipinski definition) is 5. The standard InChI is InChI=1S/C15H24FN3O4S2.ClH/c1-10(2)24(20,21)19-15-8-7-13(9-14(15)16)25(22,23)18-12-5-3-11(17)4-6-12;/h7-12,18-19H,3-6,17H2,1-2H3;1H. The SMILES string of the molecule is CC(C)S(=O)(=O)Nc1ccc(S(=O)(=O)NC2CCC(N)CC2)cc1F.Cl. The average molecular weight is 430 g/mol. The van der Waals surface area contributed by atoms with Crippen molar-refractivity contribution in [1.82, 2.24) is 4.72 Å². The summed E-state index contributed by atoms with van der Waals surface area (Å²) in [5.74, 6) is -0.947. The number of sulfonamides is 2. The Morgan fingerprint density at radius 2 is 1.69 bits per heavy atom.